The van der Waals surface area contributed by atoms with Gasteiger partial charge in [-0.25, -0.2) is 9.78 Å². The number of amides is 1. The number of hydrogen-bond acceptors (Lipinski definition) is 5. The molecule has 0 atom stereocenters. The number of imidazole rings is 1. The van der Waals surface area contributed by atoms with Gasteiger partial charge in [0.2, 0.25) is 0 Å². The van der Waals surface area contributed by atoms with Crippen LogP contribution in [0.1, 0.15) is 41.5 Å². The first-order valence-electron chi connectivity index (χ1n) is 10.9. The lowest BCUT2D eigenvalue weighted by Gasteiger charge is -2.12. The average Bonchev–Trinajstić information content (AvgIpc) is 3.18. The highest BCUT2D eigenvalue weighted by molar-refractivity contribution is 6.31. The quantitative estimate of drug-likeness (QED) is 0.380. The highest BCUT2D eigenvalue weighted by Crippen LogP contribution is 2.24. The predicted molar refractivity (Wildman–Crippen MR) is 129 cm³/mol. The van der Waals surface area contributed by atoms with Gasteiger partial charge < -0.3 is 15.0 Å². The van der Waals surface area contributed by atoms with Crippen molar-refractivity contribution in [3.8, 4) is 5.75 Å². The molecule has 4 rings (SSSR count). The number of primary amides is 1. The number of H-pyrrole nitrogens is 1. The smallest absolute Gasteiger partial charge is 0.330 e. The monoisotopic (exact) mass is 481 g/mol. The van der Waals surface area contributed by atoms with Crippen LogP contribution in [0.5, 0.6) is 5.75 Å². The second-order valence-corrected chi connectivity index (χ2v) is 8.27. The van der Waals surface area contributed by atoms with Crippen LogP contribution in [-0.2, 0) is 19.7 Å². The Morgan fingerprint density at radius 1 is 1.15 bits per heavy atom. The Labute approximate surface area is 199 Å². The fourth-order valence-electron chi connectivity index (χ4n) is 3.76. The number of benzene rings is 2. The molecule has 0 aliphatic carbocycles. The summed E-state index contributed by atoms with van der Waals surface area (Å²) >= 11 is 5.98. The molecule has 0 bridgehead atoms. The molecule has 0 fully saturated rings. The van der Waals surface area contributed by atoms with Gasteiger partial charge >= 0.3 is 5.69 Å². The van der Waals surface area contributed by atoms with Crippen molar-refractivity contribution in [3.05, 3.63) is 91.3 Å². The first kappa shape index (κ1) is 23.3. The van der Waals surface area contributed by atoms with Crippen molar-refractivity contribution in [3.63, 3.8) is 0 Å². The summed E-state index contributed by atoms with van der Waals surface area (Å²) in [6.45, 7) is 2.76. The largest absolute Gasteiger partial charge is 0.485 e. The van der Waals surface area contributed by atoms with E-state index < -0.39 is 17.2 Å². The molecule has 0 unspecified atom stereocenters. The molecule has 2 aromatic heterocycles. The van der Waals surface area contributed by atoms with Crippen LogP contribution < -0.4 is 21.7 Å². The minimum Gasteiger partial charge on any atom is -0.485 e. The normalized spacial score (nSPS) is 11.1. The number of carbonyl (C=O) groups excluding carboxylic acids is 1. The Bertz CT molecular complexity index is 1460. The Morgan fingerprint density at radius 2 is 1.91 bits per heavy atom. The number of nitrogens with two attached hydrogens (primary N) is 1. The number of aryl methyl sites for hydroxylation is 1. The molecular weight excluding hydrogens is 458 g/mol. The molecule has 0 saturated heterocycles. The molecule has 1 amide bonds. The van der Waals surface area contributed by atoms with Crippen molar-refractivity contribution in [2.45, 2.75) is 39.5 Å². The maximum absolute atomic E-state index is 12.8. The molecule has 0 aliphatic rings. The number of nitrogens with one attached hydrogen (secondary N) is 1. The average molecular weight is 482 g/mol. The molecule has 9 nitrogen and oxygen atoms in total. The van der Waals surface area contributed by atoms with Gasteiger partial charge in [0.05, 0.1) is 12.1 Å². The Kier molecular flexibility index (Phi) is 6.83. The Hall–Kier alpha value is -3.85. The standard InChI is InChI=1S/C24H24ClN5O4/c1-2-3-11-29-19(14-34-18-10-9-16(25)12-17(18)21(26)31)27-22-20(29)23(32)28-24(33)30(22)13-15-7-5-4-6-8-15/h4-10,12H,2-3,11,13-14H2,1H3,(H2,26,31)(H,28,32,33). The number of rotatable bonds is 9. The van der Waals surface area contributed by atoms with Crippen LogP contribution in [0.25, 0.3) is 11.2 Å². The summed E-state index contributed by atoms with van der Waals surface area (Å²) < 4.78 is 9.08. The van der Waals surface area contributed by atoms with Crippen molar-refractivity contribution in [1.29, 1.82) is 0 Å². The molecule has 3 N–H and O–H groups in total. The summed E-state index contributed by atoms with van der Waals surface area (Å²) in [5, 5.41) is 0.354. The summed E-state index contributed by atoms with van der Waals surface area (Å²) in [7, 11) is 0. The lowest BCUT2D eigenvalue weighted by Crippen LogP contribution is -2.31. The third-order valence-corrected chi connectivity index (χ3v) is 5.68. The maximum Gasteiger partial charge on any atom is 0.330 e. The number of fused-ring (bicyclic) bond motifs is 1. The van der Waals surface area contributed by atoms with Gasteiger partial charge in [0.1, 0.15) is 18.2 Å². The van der Waals surface area contributed by atoms with Crippen molar-refractivity contribution in [2.75, 3.05) is 0 Å². The first-order chi connectivity index (χ1) is 16.4. The van der Waals surface area contributed by atoms with Crippen LogP contribution in [-0.4, -0.2) is 25.0 Å². The molecule has 0 spiro atoms. The highest BCUT2D eigenvalue weighted by Gasteiger charge is 2.20. The number of ether oxygens (including phenoxy) is 1. The van der Waals surface area contributed by atoms with E-state index in [1.165, 1.54) is 10.6 Å². The highest BCUT2D eigenvalue weighted by atomic mass is 35.5. The molecule has 176 valence electrons. The van der Waals surface area contributed by atoms with Crippen molar-refractivity contribution in [2.24, 2.45) is 5.73 Å². The molecular formula is C24H24ClN5O4. The van der Waals surface area contributed by atoms with Gasteiger partial charge in [-0.15, -0.1) is 0 Å². The van der Waals surface area contributed by atoms with E-state index in [2.05, 4.69) is 9.97 Å². The second-order valence-electron chi connectivity index (χ2n) is 7.83. The van der Waals surface area contributed by atoms with E-state index in [1.54, 1.807) is 16.7 Å². The number of unbranched alkanes of at least 4 members (excludes halogenated alkanes) is 1. The van der Waals surface area contributed by atoms with E-state index in [0.29, 0.717) is 22.9 Å². The van der Waals surface area contributed by atoms with Crippen LogP contribution in [0.15, 0.2) is 58.1 Å². The first-order valence-corrected chi connectivity index (χ1v) is 11.2. The van der Waals surface area contributed by atoms with Gasteiger partial charge in [0, 0.05) is 11.6 Å². The molecule has 2 heterocycles. The molecule has 2 aromatic carbocycles. The fraction of sp³-hybridized carbons (Fsp3) is 0.250. The second kappa shape index (κ2) is 9.96. The third-order valence-electron chi connectivity index (χ3n) is 5.45. The van der Waals surface area contributed by atoms with Gasteiger partial charge in [-0.3, -0.25) is 19.1 Å². The summed E-state index contributed by atoms with van der Waals surface area (Å²) in [4.78, 5) is 44.4. The third kappa shape index (κ3) is 4.74. The number of aromatic nitrogens is 4. The minimum absolute atomic E-state index is 0.0424. The van der Waals surface area contributed by atoms with Crippen molar-refractivity contribution >= 4 is 28.7 Å². The SMILES string of the molecule is CCCCn1c(COc2ccc(Cl)cc2C(N)=O)nc2c1c(=O)[nH]c(=O)n2Cc1ccccc1. The van der Waals surface area contributed by atoms with E-state index in [4.69, 9.17) is 22.1 Å². The Balaban J connectivity index is 1.79. The van der Waals surface area contributed by atoms with Crippen LogP contribution in [0, 0.1) is 0 Å². The molecule has 0 saturated carbocycles. The van der Waals surface area contributed by atoms with Crippen LogP contribution in [0.3, 0.4) is 0 Å². The van der Waals surface area contributed by atoms with Gasteiger partial charge in [-0.1, -0.05) is 55.3 Å². The molecule has 0 aliphatic heterocycles. The van der Waals surface area contributed by atoms with E-state index in [1.807, 2.05) is 37.3 Å². The van der Waals surface area contributed by atoms with E-state index in [0.717, 1.165) is 18.4 Å². The summed E-state index contributed by atoms with van der Waals surface area (Å²) in [6.07, 6.45) is 1.69. The van der Waals surface area contributed by atoms with Crippen molar-refractivity contribution in [1.82, 2.24) is 19.1 Å². The van der Waals surface area contributed by atoms with E-state index >= 15 is 0 Å². The van der Waals surface area contributed by atoms with Crippen molar-refractivity contribution < 1.29 is 9.53 Å². The number of halogens is 1. The van der Waals surface area contributed by atoms with Gasteiger partial charge in [-0.2, -0.15) is 0 Å². The summed E-state index contributed by atoms with van der Waals surface area (Å²) in [5.41, 5.74) is 6.02. The molecule has 10 heteroatoms. The maximum atomic E-state index is 12.8. The number of carbonyl (C=O) groups is 1. The zero-order valence-electron chi connectivity index (χ0n) is 18.6. The number of nitrogens with zero attached hydrogens (tertiary/aromatic N) is 3. The summed E-state index contributed by atoms with van der Waals surface area (Å²) in [5.74, 6) is 0.0263. The lowest BCUT2D eigenvalue weighted by molar-refractivity contribution is 0.0995. The predicted octanol–water partition coefficient (Wildman–Crippen LogP) is 3.07. The zero-order chi connectivity index (χ0) is 24.2. The fourth-order valence-corrected chi connectivity index (χ4v) is 3.93. The van der Waals surface area contributed by atoms with E-state index in [9.17, 15) is 14.4 Å². The molecule has 0 radical (unpaired) electrons. The molecule has 34 heavy (non-hydrogen) atoms. The summed E-state index contributed by atoms with van der Waals surface area (Å²) in [6, 6.07) is 14.0. The topological polar surface area (TPSA) is 125 Å². The zero-order valence-corrected chi connectivity index (χ0v) is 19.3. The van der Waals surface area contributed by atoms with Gasteiger partial charge in [-0.05, 0) is 30.2 Å². The number of hydrogen-bond donors (Lipinski definition) is 2. The number of aromatic amines is 1. The van der Waals surface area contributed by atoms with Gasteiger partial charge in [0.25, 0.3) is 11.5 Å². The lowest BCUT2D eigenvalue weighted by atomic mass is 10.2. The Morgan fingerprint density at radius 3 is 2.62 bits per heavy atom. The molecule has 4 aromatic rings. The van der Waals surface area contributed by atoms with E-state index in [-0.39, 0.29) is 30.1 Å². The van der Waals surface area contributed by atoms with Gasteiger partial charge in [0.15, 0.2) is 11.2 Å². The van der Waals surface area contributed by atoms with Crippen LogP contribution >= 0.6 is 11.6 Å². The van der Waals surface area contributed by atoms with Crippen LogP contribution in [0.2, 0.25) is 5.02 Å². The minimum atomic E-state index is -0.676. The van der Waals surface area contributed by atoms with Crippen LogP contribution in [0.4, 0.5) is 0 Å².